The number of amides is 1. The number of rotatable bonds is 10. The Balaban J connectivity index is 1.45. The van der Waals surface area contributed by atoms with Gasteiger partial charge in [-0.25, -0.2) is 0 Å². The number of hydrogen-bond acceptors (Lipinski definition) is 4. The highest BCUT2D eigenvalue weighted by atomic mass is 35.5. The minimum atomic E-state index is 0.0939. The van der Waals surface area contributed by atoms with Gasteiger partial charge >= 0.3 is 0 Å². The fraction of sp³-hybridized carbons (Fsp3) is 0.480. The van der Waals surface area contributed by atoms with Gasteiger partial charge in [0.15, 0.2) is 0 Å². The maximum absolute atomic E-state index is 12.3. The van der Waals surface area contributed by atoms with E-state index in [2.05, 4.69) is 22.3 Å². The first-order valence-corrected chi connectivity index (χ1v) is 11.3. The number of likely N-dealkylation sites (tertiary alicyclic amines) is 1. The van der Waals surface area contributed by atoms with Crippen LogP contribution in [0.4, 0.5) is 0 Å². The van der Waals surface area contributed by atoms with Gasteiger partial charge < -0.3 is 14.8 Å². The van der Waals surface area contributed by atoms with Crippen LogP contribution in [0.2, 0.25) is 5.02 Å². The summed E-state index contributed by atoms with van der Waals surface area (Å²) in [5, 5.41) is 3.69. The van der Waals surface area contributed by atoms with Crippen molar-refractivity contribution in [1.82, 2.24) is 10.2 Å². The fourth-order valence-corrected chi connectivity index (χ4v) is 4.45. The lowest BCUT2D eigenvalue weighted by Crippen LogP contribution is -2.35. The molecule has 1 aliphatic heterocycles. The summed E-state index contributed by atoms with van der Waals surface area (Å²) in [5.74, 6) is 1.51. The Hall–Kier alpha value is -2.08. The van der Waals surface area contributed by atoms with Crippen molar-refractivity contribution in [2.45, 2.75) is 45.4 Å². The van der Waals surface area contributed by atoms with Crippen molar-refractivity contribution in [3.8, 4) is 5.75 Å². The summed E-state index contributed by atoms with van der Waals surface area (Å²) in [6.07, 6.45) is 3.84. The molecular weight excluding hydrogens is 412 g/mol. The van der Waals surface area contributed by atoms with Gasteiger partial charge in [0, 0.05) is 43.8 Å². The fourth-order valence-electron chi connectivity index (χ4n) is 4.25. The number of carbonyl (C=O) groups excluding carboxylic acids is 1. The third-order valence-corrected chi connectivity index (χ3v) is 6.24. The van der Waals surface area contributed by atoms with Crippen molar-refractivity contribution in [2.75, 3.05) is 27.3 Å². The van der Waals surface area contributed by atoms with Gasteiger partial charge in [0.05, 0.1) is 13.7 Å². The van der Waals surface area contributed by atoms with Crippen LogP contribution < -0.4 is 10.1 Å². The summed E-state index contributed by atoms with van der Waals surface area (Å²) in [6, 6.07) is 13.9. The van der Waals surface area contributed by atoms with E-state index >= 15 is 0 Å². The Kier molecular flexibility index (Phi) is 9.19. The van der Waals surface area contributed by atoms with E-state index in [0.29, 0.717) is 30.5 Å². The highest BCUT2D eigenvalue weighted by Crippen LogP contribution is 2.25. The summed E-state index contributed by atoms with van der Waals surface area (Å²) in [4.78, 5) is 14.8. The largest absolute Gasteiger partial charge is 0.496 e. The Morgan fingerprint density at radius 2 is 2.03 bits per heavy atom. The molecule has 0 spiro atoms. The predicted octanol–water partition coefficient (Wildman–Crippen LogP) is 4.80. The molecule has 1 saturated heterocycles. The zero-order valence-electron chi connectivity index (χ0n) is 18.5. The van der Waals surface area contributed by atoms with Crippen LogP contribution in [-0.2, 0) is 29.2 Å². The van der Waals surface area contributed by atoms with Crippen LogP contribution in [0, 0.1) is 5.92 Å². The van der Waals surface area contributed by atoms with Gasteiger partial charge in [-0.05, 0) is 61.1 Å². The second-order valence-electron chi connectivity index (χ2n) is 8.23. The van der Waals surface area contributed by atoms with Crippen molar-refractivity contribution in [3.63, 3.8) is 0 Å². The third-order valence-electron chi connectivity index (χ3n) is 5.87. The SMILES string of the molecule is COCc1cc(CN2CCC[C@@H](CCC(=O)NCc3ccccc3Cl)C2)ccc1OC. The summed E-state index contributed by atoms with van der Waals surface area (Å²) < 4.78 is 10.7. The van der Waals surface area contributed by atoms with E-state index in [1.807, 2.05) is 30.3 Å². The van der Waals surface area contributed by atoms with Crippen molar-refractivity contribution in [2.24, 2.45) is 5.92 Å². The van der Waals surface area contributed by atoms with Crippen molar-refractivity contribution >= 4 is 17.5 Å². The average molecular weight is 445 g/mol. The smallest absolute Gasteiger partial charge is 0.220 e. The zero-order chi connectivity index (χ0) is 22.1. The molecule has 5 nitrogen and oxygen atoms in total. The van der Waals surface area contributed by atoms with Gasteiger partial charge in [-0.15, -0.1) is 0 Å². The van der Waals surface area contributed by atoms with Crippen molar-refractivity contribution < 1.29 is 14.3 Å². The first kappa shape index (κ1) is 23.6. The van der Waals surface area contributed by atoms with Crippen LogP contribution in [0.15, 0.2) is 42.5 Å². The van der Waals surface area contributed by atoms with Crippen LogP contribution in [-0.4, -0.2) is 38.1 Å². The highest BCUT2D eigenvalue weighted by molar-refractivity contribution is 6.31. The summed E-state index contributed by atoms with van der Waals surface area (Å²) in [6.45, 7) is 4.07. The first-order chi connectivity index (χ1) is 15.1. The molecule has 3 rings (SSSR count). The Bertz CT molecular complexity index is 858. The molecule has 6 heteroatoms. The average Bonchev–Trinajstić information content (AvgIpc) is 2.78. The molecule has 1 aliphatic rings. The molecule has 1 heterocycles. The molecular formula is C25H33ClN2O3. The normalized spacial score (nSPS) is 16.8. The number of piperidine rings is 1. The number of hydrogen-bond donors (Lipinski definition) is 1. The Morgan fingerprint density at radius 1 is 1.19 bits per heavy atom. The summed E-state index contributed by atoms with van der Waals surface area (Å²) in [5.41, 5.74) is 3.30. The maximum Gasteiger partial charge on any atom is 0.220 e. The monoisotopic (exact) mass is 444 g/mol. The molecule has 1 atom stereocenters. The number of nitrogens with zero attached hydrogens (tertiary/aromatic N) is 1. The standard InChI is InChI=1S/C25H33ClN2O3/c1-30-18-22-14-20(9-11-24(22)31-2)17-28-13-5-6-19(16-28)10-12-25(29)27-15-21-7-3-4-8-23(21)26/h3-4,7-9,11,14,19H,5-6,10,12-13,15-18H2,1-2H3,(H,27,29)/t19-/m0/s1. The summed E-state index contributed by atoms with van der Waals surface area (Å²) in [7, 11) is 3.39. The Morgan fingerprint density at radius 3 is 2.81 bits per heavy atom. The van der Waals surface area contributed by atoms with E-state index < -0.39 is 0 Å². The van der Waals surface area contributed by atoms with Gasteiger partial charge in [-0.1, -0.05) is 35.9 Å². The number of halogens is 1. The lowest BCUT2D eigenvalue weighted by Gasteiger charge is -2.33. The van der Waals surface area contributed by atoms with Crippen LogP contribution in [0.5, 0.6) is 5.75 Å². The maximum atomic E-state index is 12.3. The molecule has 1 N–H and O–H groups in total. The molecule has 31 heavy (non-hydrogen) atoms. The topological polar surface area (TPSA) is 50.8 Å². The number of carbonyl (C=O) groups is 1. The van der Waals surface area contributed by atoms with E-state index in [4.69, 9.17) is 21.1 Å². The minimum Gasteiger partial charge on any atom is -0.496 e. The van der Waals surface area contributed by atoms with Gasteiger partial charge in [0.1, 0.15) is 5.75 Å². The lowest BCUT2D eigenvalue weighted by molar-refractivity contribution is -0.121. The van der Waals surface area contributed by atoms with Gasteiger partial charge in [-0.3, -0.25) is 9.69 Å². The molecule has 2 aromatic rings. The minimum absolute atomic E-state index is 0.0939. The van der Waals surface area contributed by atoms with Crippen LogP contribution in [0.3, 0.4) is 0 Å². The lowest BCUT2D eigenvalue weighted by atomic mass is 9.93. The van der Waals surface area contributed by atoms with Gasteiger partial charge in [-0.2, -0.15) is 0 Å². The first-order valence-electron chi connectivity index (χ1n) is 11.0. The molecule has 0 radical (unpaired) electrons. The molecule has 0 unspecified atom stereocenters. The number of benzene rings is 2. The van der Waals surface area contributed by atoms with Crippen LogP contribution in [0.25, 0.3) is 0 Å². The summed E-state index contributed by atoms with van der Waals surface area (Å²) >= 11 is 6.16. The van der Waals surface area contributed by atoms with Crippen molar-refractivity contribution in [1.29, 1.82) is 0 Å². The second-order valence-corrected chi connectivity index (χ2v) is 8.64. The van der Waals surface area contributed by atoms with E-state index in [-0.39, 0.29) is 5.91 Å². The molecule has 0 bridgehead atoms. The quantitative estimate of drug-likeness (QED) is 0.571. The molecule has 0 aliphatic carbocycles. The molecule has 1 fully saturated rings. The molecule has 2 aromatic carbocycles. The van der Waals surface area contributed by atoms with Crippen molar-refractivity contribution in [3.05, 3.63) is 64.2 Å². The van der Waals surface area contributed by atoms with Gasteiger partial charge in [0.25, 0.3) is 0 Å². The van der Waals surface area contributed by atoms with E-state index in [0.717, 1.165) is 42.9 Å². The number of nitrogens with one attached hydrogen (secondary N) is 1. The number of ether oxygens (including phenoxy) is 2. The molecule has 0 saturated carbocycles. The molecule has 0 aromatic heterocycles. The van der Waals surface area contributed by atoms with E-state index in [9.17, 15) is 4.79 Å². The van der Waals surface area contributed by atoms with E-state index in [1.165, 1.54) is 18.4 Å². The molecule has 168 valence electrons. The Labute approximate surface area is 190 Å². The molecule has 1 amide bonds. The third kappa shape index (κ3) is 7.23. The highest BCUT2D eigenvalue weighted by Gasteiger charge is 2.21. The van der Waals surface area contributed by atoms with Crippen LogP contribution in [0.1, 0.15) is 42.4 Å². The number of methoxy groups -OCH3 is 2. The van der Waals surface area contributed by atoms with Gasteiger partial charge in [0.2, 0.25) is 5.91 Å². The zero-order valence-corrected chi connectivity index (χ0v) is 19.3. The second kappa shape index (κ2) is 12.1. The predicted molar refractivity (Wildman–Crippen MR) is 124 cm³/mol. The van der Waals surface area contributed by atoms with Crippen LogP contribution >= 0.6 is 11.6 Å². The van der Waals surface area contributed by atoms with E-state index in [1.54, 1.807) is 14.2 Å².